The summed E-state index contributed by atoms with van der Waals surface area (Å²) < 4.78 is 0. The fourth-order valence-corrected chi connectivity index (χ4v) is 3.95. The minimum absolute atomic E-state index is 0.0808. The third kappa shape index (κ3) is 4.04. The molecular formula is C14H24N2O3S. The lowest BCUT2D eigenvalue weighted by atomic mass is 9.95. The van der Waals surface area contributed by atoms with E-state index in [1.165, 1.54) is 6.42 Å². The molecule has 2 amide bonds. The van der Waals surface area contributed by atoms with Crippen molar-refractivity contribution in [2.75, 3.05) is 19.3 Å². The molecule has 3 atom stereocenters. The van der Waals surface area contributed by atoms with Gasteiger partial charge in [-0.05, 0) is 38.4 Å². The summed E-state index contributed by atoms with van der Waals surface area (Å²) in [5.74, 6) is -1.19. The zero-order valence-corrected chi connectivity index (χ0v) is 12.8. The Bertz CT molecular complexity index is 364. The molecule has 0 spiro atoms. The topological polar surface area (TPSA) is 69.6 Å². The molecule has 0 aromatic heterocycles. The molecule has 0 aromatic carbocycles. The van der Waals surface area contributed by atoms with Crippen LogP contribution in [0.1, 0.15) is 38.5 Å². The highest BCUT2D eigenvalue weighted by Gasteiger charge is 2.30. The highest BCUT2D eigenvalue weighted by molar-refractivity contribution is 7.99. The van der Waals surface area contributed by atoms with Gasteiger partial charge in [-0.15, -0.1) is 0 Å². The average Bonchev–Trinajstić information content (AvgIpc) is 2.47. The summed E-state index contributed by atoms with van der Waals surface area (Å²) in [6.45, 7) is 1.02. The smallest absolute Gasteiger partial charge is 0.317 e. The van der Waals surface area contributed by atoms with Crippen LogP contribution < -0.4 is 5.32 Å². The zero-order valence-electron chi connectivity index (χ0n) is 12.0. The number of rotatable bonds is 3. The number of likely N-dealkylation sites (tertiary alicyclic amines) is 1. The number of hydrogen-bond donors (Lipinski definition) is 2. The van der Waals surface area contributed by atoms with Gasteiger partial charge < -0.3 is 15.3 Å². The fourth-order valence-electron chi connectivity index (χ4n) is 3.12. The summed E-state index contributed by atoms with van der Waals surface area (Å²) >= 11 is 1.87. The van der Waals surface area contributed by atoms with Crippen LogP contribution in [0.4, 0.5) is 4.79 Å². The van der Waals surface area contributed by atoms with Gasteiger partial charge in [-0.1, -0.05) is 6.42 Å². The summed E-state index contributed by atoms with van der Waals surface area (Å²) in [4.78, 5) is 24.9. The van der Waals surface area contributed by atoms with E-state index >= 15 is 0 Å². The Hall–Kier alpha value is -0.910. The van der Waals surface area contributed by atoms with Crippen molar-refractivity contribution in [1.82, 2.24) is 10.2 Å². The van der Waals surface area contributed by atoms with Crippen LogP contribution >= 0.6 is 11.8 Å². The van der Waals surface area contributed by atoms with Crippen molar-refractivity contribution >= 4 is 23.8 Å². The molecule has 2 fully saturated rings. The number of nitrogens with zero attached hydrogens (tertiary/aromatic N) is 1. The summed E-state index contributed by atoms with van der Waals surface area (Å²) in [6.07, 6.45) is 8.05. The third-order valence-corrected chi connectivity index (χ3v) is 5.44. The van der Waals surface area contributed by atoms with E-state index in [0.717, 1.165) is 25.7 Å². The van der Waals surface area contributed by atoms with Gasteiger partial charge in [0.15, 0.2) is 0 Å². The van der Waals surface area contributed by atoms with Gasteiger partial charge in [-0.25, -0.2) is 4.79 Å². The largest absolute Gasteiger partial charge is 0.481 e. The van der Waals surface area contributed by atoms with Crippen LogP contribution in [-0.4, -0.2) is 52.6 Å². The van der Waals surface area contributed by atoms with Gasteiger partial charge in [0.2, 0.25) is 0 Å². The van der Waals surface area contributed by atoms with E-state index in [1.807, 2.05) is 11.8 Å². The number of carboxylic acid groups (broad SMARTS) is 1. The first kappa shape index (κ1) is 15.5. The number of carboxylic acids is 1. The van der Waals surface area contributed by atoms with Crippen molar-refractivity contribution < 1.29 is 14.7 Å². The maximum Gasteiger partial charge on any atom is 0.317 e. The van der Waals surface area contributed by atoms with Crippen molar-refractivity contribution in [2.24, 2.45) is 5.92 Å². The Kier molecular flexibility index (Phi) is 5.57. The molecule has 20 heavy (non-hydrogen) atoms. The third-order valence-electron chi connectivity index (χ3n) is 4.34. The highest BCUT2D eigenvalue weighted by Crippen LogP contribution is 2.27. The van der Waals surface area contributed by atoms with E-state index < -0.39 is 11.9 Å². The Balaban J connectivity index is 1.83. The summed E-state index contributed by atoms with van der Waals surface area (Å²) in [6, 6.07) is 0.168. The normalized spacial score (nSPS) is 30.9. The molecular weight excluding hydrogens is 276 g/mol. The lowest BCUT2D eigenvalue weighted by molar-refractivity contribution is -0.143. The van der Waals surface area contributed by atoms with Crippen LogP contribution in [0.15, 0.2) is 0 Å². The zero-order chi connectivity index (χ0) is 14.5. The van der Waals surface area contributed by atoms with Crippen LogP contribution in [0.2, 0.25) is 0 Å². The second kappa shape index (κ2) is 7.20. The fraction of sp³-hybridized carbons (Fsp3) is 0.857. The molecule has 2 rings (SSSR count). The first-order valence-electron chi connectivity index (χ1n) is 7.41. The molecule has 5 nitrogen and oxygen atoms in total. The van der Waals surface area contributed by atoms with Gasteiger partial charge in [0, 0.05) is 24.4 Å². The van der Waals surface area contributed by atoms with Crippen LogP contribution in [0.25, 0.3) is 0 Å². The van der Waals surface area contributed by atoms with E-state index in [1.54, 1.807) is 4.90 Å². The molecule has 114 valence electrons. The first-order chi connectivity index (χ1) is 9.60. The minimum Gasteiger partial charge on any atom is -0.481 e. The lowest BCUT2D eigenvalue weighted by Crippen LogP contribution is -2.50. The minimum atomic E-state index is -0.789. The number of piperidine rings is 1. The molecule has 1 saturated carbocycles. The Morgan fingerprint density at radius 1 is 1.25 bits per heavy atom. The maximum absolute atomic E-state index is 12.2. The predicted molar refractivity (Wildman–Crippen MR) is 80.0 cm³/mol. The number of nitrogens with one attached hydrogen (secondary N) is 1. The van der Waals surface area contributed by atoms with E-state index in [4.69, 9.17) is 5.11 Å². The van der Waals surface area contributed by atoms with Gasteiger partial charge in [-0.3, -0.25) is 4.79 Å². The van der Waals surface area contributed by atoms with Gasteiger partial charge >= 0.3 is 12.0 Å². The predicted octanol–water partition coefficient (Wildman–Crippen LogP) is 2.17. The van der Waals surface area contributed by atoms with Crippen LogP contribution in [0.3, 0.4) is 0 Å². The lowest BCUT2D eigenvalue weighted by Gasteiger charge is -2.34. The molecule has 1 saturated heterocycles. The number of urea groups is 1. The molecule has 0 aromatic rings. The number of carbonyl (C=O) groups is 2. The van der Waals surface area contributed by atoms with Crippen molar-refractivity contribution in [3.05, 3.63) is 0 Å². The van der Waals surface area contributed by atoms with E-state index in [0.29, 0.717) is 24.8 Å². The second-order valence-corrected chi connectivity index (χ2v) is 6.93. The summed E-state index contributed by atoms with van der Waals surface area (Å²) in [5, 5.41) is 12.8. The molecule has 3 unspecified atom stereocenters. The molecule has 0 radical (unpaired) electrons. The van der Waals surface area contributed by atoms with Crippen molar-refractivity contribution in [1.29, 1.82) is 0 Å². The first-order valence-corrected chi connectivity index (χ1v) is 8.70. The van der Waals surface area contributed by atoms with Gasteiger partial charge in [0.25, 0.3) is 0 Å². The summed E-state index contributed by atoms with van der Waals surface area (Å²) in [7, 11) is 0. The van der Waals surface area contributed by atoms with Crippen LogP contribution in [0.5, 0.6) is 0 Å². The van der Waals surface area contributed by atoms with Crippen molar-refractivity contribution in [3.8, 4) is 0 Å². The van der Waals surface area contributed by atoms with Crippen LogP contribution in [-0.2, 0) is 4.79 Å². The molecule has 1 aliphatic heterocycles. The molecule has 2 N–H and O–H groups in total. The average molecular weight is 300 g/mol. The summed E-state index contributed by atoms with van der Waals surface area (Å²) in [5.41, 5.74) is 0. The molecule has 1 aliphatic carbocycles. The quantitative estimate of drug-likeness (QED) is 0.838. The van der Waals surface area contributed by atoms with E-state index in [-0.39, 0.29) is 12.1 Å². The Morgan fingerprint density at radius 2 is 2.05 bits per heavy atom. The molecule has 1 heterocycles. The number of amides is 2. The molecule has 2 aliphatic rings. The van der Waals surface area contributed by atoms with Gasteiger partial charge in [0.1, 0.15) is 0 Å². The SMILES string of the molecule is CSC1CCCC(NC(=O)N2CCCC(C(=O)O)C2)C1. The second-order valence-electron chi connectivity index (χ2n) is 5.79. The highest BCUT2D eigenvalue weighted by atomic mass is 32.2. The number of hydrogen-bond acceptors (Lipinski definition) is 3. The Morgan fingerprint density at radius 3 is 2.75 bits per heavy atom. The molecule has 0 bridgehead atoms. The van der Waals surface area contributed by atoms with Gasteiger partial charge in [0.05, 0.1) is 5.92 Å². The van der Waals surface area contributed by atoms with Crippen molar-refractivity contribution in [2.45, 2.75) is 49.8 Å². The number of carbonyl (C=O) groups excluding carboxylic acids is 1. The standard InChI is InChI=1S/C14H24N2O3S/c1-20-12-6-2-5-11(8-12)15-14(19)16-7-3-4-10(9-16)13(17)18/h10-12H,2-9H2,1H3,(H,15,19)(H,17,18). The maximum atomic E-state index is 12.2. The van der Waals surface area contributed by atoms with E-state index in [2.05, 4.69) is 11.6 Å². The van der Waals surface area contributed by atoms with Crippen molar-refractivity contribution in [3.63, 3.8) is 0 Å². The monoisotopic (exact) mass is 300 g/mol. The number of thioether (sulfide) groups is 1. The number of aliphatic carboxylic acids is 1. The van der Waals surface area contributed by atoms with Gasteiger partial charge in [-0.2, -0.15) is 11.8 Å². The van der Waals surface area contributed by atoms with Crippen LogP contribution in [0, 0.1) is 5.92 Å². The Labute approximate surface area is 124 Å². The molecule has 6 heteroatoms. The van der Waals surface area contributed by atoms with E-state index in [9.17, 15) is 9.59 Å².